The van der Waals surface area contributed by atoms with Gasteiger partial charge in [-0.25, -0.2) is 0 Å². The first-order valence-electron chi connectivity index (χ1n) is 7.07. The van der Waals surface area contributed by atoms with Gasteiger partial charge in [-0.05, 0) is 38.1 Å². The molecular weight excluding hydrogens is 312 g/mol. The lowest BCUT2D eigenvalue weighted by Crippen LogP contribution is -2.34. The molecule has 0 fully saturated rings. The molecule has 1 aromatic carbocycles. The summed E-state index contributed by atoms with van der Waals surface area (Å²) in [4.78, 5) is 15.5. The van der Waals surface area contributed by atoms with Crippen molar-refractivity contribution < 1.29 is 9.21 Å². The normalized spacial score (nSPS) is 11.4. The quantitative estimate of drug-likeness (QED) is 0.699. The number of anilines is 1. The maximum absolute atomic E-state index is 12.5. The fourth-order valence-electron chi connectivity index (χ4n) is 1.91. The van der Waals surface area contributed by atoms with Crippen LogP contribution in [0.15, 0.2) is 58.3 Å². The van der Waals surface area contributed by atoms with E-state index in [4.69, 9.17) is 4.42 Å². The van der Waals surface area contributed by atoms with Crippen molar-refractivity contribution in [1.29, 1.82) is 0 Å². The van der Waals surface area contributed by atoms with E-state index in [1.165, 1.54) is 11.8 Å². The summed E-state index contributed by atoms with van der Waals surface area (Å²) in [6.07, 6.45) is 1.57. The van der Waals surface area contributed by atoms with E-state index in [9.17, 15) is 4.79 Å². The van der Waals surface area contributed by atoms with Gasteiger partial charge in [0.05, 0.1) is 11.0 Å². The predicted molar refractivity (Wildman–Crippen MR) is 89.1 cm³/mol. The Morgan fingerprint density at radius 2 is 1.96 bits per heavy atom. The number of hydrogen-bond donors (Lipinski definition) is 2. The summed E-state index contributed by atoms with van der Waals surface area (Å²) in [7, 11) is 0. The number of aromatic amines is 1. The highest BCUT2D eigenvalue weighted by molar-refractivity contribution is 8.01. The summed E-state index contributed by atoms with van der Waals surface area (Å²) in [5.41, 5.74) is 0.764. The first-order valence-corrected chi connectivity index (χ1v) is 7.88. The van der Waals surface area contributed by atoms with E-state index in [2.05, 4.69) is 20.5 Å². The van der Waals surface area contributed by atoms with Crippen molar-refractivity contribution in [3.05, 3.63) is 48.7 Å². The Kier molecular flexibility index (Phi) is 4.20. The number of H-pyrrole nitrogens is 1. The number of benzene rings is 1. The van der Waals surface area contributed by atoms with E-state index in [0.717, 1.165) is 5.69 Å². The van der Waals surface area contributed by atoms with Gasteiger partial charge in [0.15, 0.2) is 16.7 Å². The second kappa shape index (κ2) is 6.29. The fraction of sp³-hybridized carbons (Fsp3) is 0.188. The van der Waals surface area contributed by atoms with Crippen LogP contribution in [0.5, 0.6) is 0 Å². The Hall–Kier alpha value is -2.54. The molecule has 2 aromatic heterocycles. The number of nitrogens with one attached hydrogen (secondary N) is 2. The summed E-state index contributed by atoms with van der Waals surface area (Å²) in [5.74, 6) is 1.04. The highest BCUT2D eigenvalue weighted by Crippen LogP contribution is 2.32. The first-order chi connectivity index (χ1) is 11.0. The van der Waals surface area contributed by atoms with E-state index in [1.807, 2.05) is 44.2 Å². The zero-order valence-electron chi connectivity index (χ0n) is 12.7. The minimum atomic E-state index is -0.712. The highest BCUT2D eigenvalue weighted by atomic mass is 32.2. The van der Waals surface area contributed by atoms with E-state index < -0.39 is 4.75 Å². The maximum Gasteiger partial charge on any atom is 0.240 e. The van der Waals surface area contributed by atoms with Gasteiger partial charge in [-0.15, -0.1) is 10.2 Å². The van der Waals surface area contributed by atoms with Crippen LogP contribution in [0, 0.1) is 0 Å². The van der Waals surface area contributed by atoms with Crippen LogP contribution in [-0.4, -0.2) is 25.8 Å². The van der Waals surface area contributed by atoms with Gasteiger partial charge < -0.3 is 14.7 Å². The van der Waals surface area contributed by atoms with Crippen molar-refractivity contribution in [2.45, 2.75) is 23.8 Å². The molecule has 0 atom stereocenters. The number of thioether (sulfide) groups is 1. The van der Waals surface area contributed by atoms with Crippen LogP contribution in [0.25, 0.3) is 11.6 Å². The zero-order valence-corrected chi connectivity index (χ0v) is 13.6. The van der Waals surface area contributed by atoms with Crippen LogP contribution in [0.3, 0.4) is 0 Å². The number of carbonyl (C=O) groups excluding carboxylic acids is 1. The van der Waals surface area contributed by atoms with Crippen LogP contribution in [0.2, 0.25) is 0 Å². The Bertz CT molecular complexity index is 782. The minimum absolute atomic E-state index is 0.107. The summed E-state index contributed by atoms with van der Waals surface area (Å²) < 4.78 is 4.55. The molecule has 1 amide bonds. The number of amides is 1. The standard InChI is InChI=1S/C16H16N4O2S/c1-16(2,14(21)17-11-7-4-3-5-8-11)23-15-18-13(19-20-15)12-9-6-10-22-12/h3-10H,1-2H3,(H,17,21)(H,18,19,20). The van der Waals surface area contributed by atoms with Gasteiger partial charge in [0.1, 0.15) is 0 Å². The second-order valence-electron chi connectivity index (χ2n) is 5.39. The van der Waals surface area contributed by atoms with Crippen molar-refractivity contribution in [3.63, 3.8) is 0 Å². The average molecular weight is 328 g/mol. The number of nitrogens with zero attached hydrogens (tertiary/aromatic N) is 2. The topological polar surface area (TPSA) is 83.8 Å². The molecule has 6 nitrogen and oxygen atoms in total. The molecule has 0 unspecified atom stereocenters. The minimum Gasteiger partial charge on any atom is -0.461 e. The number of hydrogen-bond acceptors (Lipinski definition) is 5. The van der Waals surface area contributed by atoms with Crippen LogP contribution in [0.4, 0.5) is 5.69 Å². The monoisotopic (exact) mass is 328 g/mol. The highest BCUT2D eigenvalue weighted by Gasteiger charge is 2.30. The molecule has 7 heteroatoms. The molecular formula is C16H16N4O2S. The Morgan fingerprint density at radius 3 is 2.65 bits per heavy atom. The molecule has 118 valence electrons. The van der Waals surface area contributed by atoms with Gasteiger partial charge in [0.25, 0.3) is 0 Å². The van der Waals surface area contributed by atoms with Crippen molar-refractivity contribution in [1.82, 2.24) is 15.2 Å². The molecule has 0 bridgehead atoms. The summed E-state index contributed by atoms with van der Waals surface area (Å²) in [5, 5.41) is 11.6. The molecule has 2 heterocycles. The van der Waals surface area contributed by atoms with E-state index in [0.29, 0.717) is 16.7 Å². The molecule has 0 aliphatic heterocycles. The maximum atomic E-state index is 12.5. The fourth-order valence-corrected chi connectivity index (χ4v) is 2.76. The van der Waals surface area contributed by atoms with E-state index in [1.54, 1.807) is 18.4 Å². The van der Waals surface area contributed by atoms with Gasteiger partial charge >= 0.3 is 0 Å². The largest absolute Gasteiger partial charge is 0.461 e. The summed E-state index contributed by atoms with van der Waals surface area (Å²) >= 11 is 1.31. The van der Waals surface area contributed by atoms with Gasteiger partial charge in [0, 0.05) is 5.69 Å². The third kappa shape index (κ3) is 3.62. The SMILES string of the molecule is CC(C)(Sc1nnc(-c2ccco2)[nH]1)C(=O)Nc1ccccc1. The molecule has 0 aliphatic rings. The second-order valence-corrected chi connectivity index (χ2v) is 7.00. The van der Waals surface area contributed by atoms with Crippen molar-refractivity contribution in [2.75, 3.05) is 5.32 Å². The molecule has 3 rings (SSSR count). The van der Waals surface area contributed by atoms with Gasteiger partial charge in [0.2, 0.25) is 5.91 Å². The lowest BCUT2D eigenvalue weighted by Gasteiger charge is -2.21. The molecule has 0 saturated carbocycles. The lowest BCUT2D eigenvalue weighted by molar-refractivity contribution is -0.117. The number of rotatable bonds is 5. The molecule has 3 aromatic rings. The number of furan rings is 1. The number of para-hydroxylation sites is 1. The van der Waals surface area contributed by atoms with Gasteiger partial charge in [-0.3, -0.25) is 4.79 Å². The first kappa shape index (κ1) is 15.4. The van der Waals surface area contributed by atoms with Gasteiger partial charge in [-0.1, -0.05) is 30.0 Å². The Morgan fingerprint density at radius 1 is 1.17 bits per heavy atom. The van der Waals surface area contributed by atoms with Crippen LogP contribution in [-0.2, 0) is 4.79 Å². The average Bonchev–Trinajstić information content (AvgIpc) is 3.18. The molecule has 0 spiro atoms. The Labute approximate surface area is 137 Å². The van der Waals surface area contributed by atoms with Crippen LogP contribution < -0.4 is 5.32 Å². The number of aromatic nitrogens is 3. The van der Waals surface area contributed by atoms with Crippen LogP contribution >= 0.6 is 11.8 Å². The smallest absolute Gasteiger partial charge is 0.240 e. The van der Waals surface area contributed by atoms with E-state index >= 15 is 0 Å². The van der Waals surface area contributed by atoms with Gasteiger partial charge in [-0.2, -0.15) is 0 Å². The summed E-state index contributed by atoms with van der Waals surface area (Å²) in [6.45, 7) is 3.68. The molecule has 0 saturated heterocycles. The Balaban J connectivity index is 1.69. The lowest BCUT2D eigenvalue weighted by atomic mass is 10.2. The third-order valence-electron chi connectivity index (χ3n) is 3.15. The summed E-state index contributed by atoms with van der Waals surface area (Å²) in [6, 6.07) is 12.9. The number of carbonyl (C=O) groups is 1. The molecule has 23 heavy (non-hydrogen) atoms. The van der Waals surface area contributed by atoms with E-state index in [-0.39, 0.29) is 5.91 Å². The molecule has 0 aliphatic carbocycles. The predicted octanol–water partition coefficient (Wildman–Crippen LogP) is 3.57. The molecule has 2 N–H and O–H groups in total. The van der Waals surface area contributed by atoms with Crippen LogP contribution in [0.1, 0.15) is 13.8 Å². The third-order valence-corrected chi connectivity index (χ3v) is 4.22. The van der Waals surface area contributed by atoms with Crippen molar-refractivity contribution in [2.24, 2.45) is 0 Å². The van der Waals surface area contributed by atoms with Crippen molar-refractivity contribution in [3.8, 4) is 11.6 Å². The zero-order chi connectivity index (χ0) is 16.3. The van der Waals surface area contributed by atoms with Crippen molar-refractivity contribution >= 4 is 23.4 Å². The molecule has 0 radical (unpaired) electrons.